The molecule has 1 atom stereocenters. The lowest BCUT2D eigenvalue weighted by Gasteiger charge is -2.37. The van der Waals surface area contributed by atoms with Crippen LogP contribution in [0.2, 0.25) is 5.02 Å². The zero-order valence-electron chi connectivity index (χ0n) is 20.9. The number of nitrogens with zero attached hydrogens (tertiary/aromatic N) is 3. The van der Waals surface area contributed by atoms with E-state index in [1.54, 1.807) is 41.3 Å². The van der Waals surface area contributed by atoms with Gasteiger partial charge < -0.3 is 9.80 Å². The summed E-state index contributed by atoms with van der Waals surface area (Å²) in [5.41, 5.74) is 1.41. The summed E-state index contributed by atoms with van der Waals surface area (Å²) >= 11 is 6.12. The van der Waals surface area contributed by atoms with Crippen LogP contribution in [-0.4, -0.2) is 65.8 Å². The van der Waals surface area contributed by atoms with Crippen molar-refractivity contribution in [2.45, 2.75) is 46.1 Å². The van der Waals surface area contributed by atoms with Gasteiger partial charge in [0.2, 0.25) is 5.91 Å². The highest BCUT2D eigenvalue weighted by atomic mass is 35.5. The Bertz CT molecular complexity index is 961. The van der Waals surface area contributed by atoms with Crippen molar-refractivity contribution in [3.8, 4) is 0 Å². The van der Waals surface area contributed by atoms with Crippen molar-refractivity contribution in [2.75, 3.05) is 39.3 Å². The zero-order chi connectivity index (χ0) is 25.2. The molecule has 5 nitrogen and oxygen atoms in total. The second-order valence-electron chi connectivity index (χ2n) is 9.28. The first-order valence-corrected chi connectivity index (χ1v) is 13.1. The molecule has 0 N–H and O–H groups in total. The van der Waals surface area contributed by atoms with Crippen molar-refractivity contribution >= 4 is 23.4 Å². The van der Waals surface area contributed by atoms with E-state index in [0.717, 1.165) is 57.4 Å². The van der Waals surface area contributed by atoms with Crippen LogP contribution in [0.25, 0.3) is 0 Å². The molecule has 7 heteroatoms. The fourth-order valence-electron chi connectivity index (χ4n) is 4.53. The SMILES string of the molecule is CCCCC(CC)C(=O)N1CCN(CCN(Cc2ccc(F)cc2)C(=O)c2cccc(Cl)c2)CC1. The van der Waals surface area contributed by atoms with Gasteiger partial charge in [-0.2, -0.15) is 0 Å². The van der Waals surface area contributed by atoms with Gasteiger partial charge in [-0.25, -0.2) is 4.39 Å². The van der Waals surface area contributed by atoms with Gasteiger partial charge in [-0.15, -0.1) is 0 Å². The minimum absolute atomic E-state index is 0.104. The van der Waals surface area contributed by atoms with Gasteiger partial charge in [-0.05, 0) is 48.7 Å². The molecule has 1 aliphatic rings. The minimum Gasteiger partial charge on any atom is -0.340 e. The predicted molar refractivity (Wildman–Crippen MR) is 139 cm³/mol. The maximum atomic E-state index is 13.4. The van der Waals surface area contributed by atoms with Crippen LogP contribution >= 0.6 is 11.6 Å². The Morgan fingerprint density at radius 2 is 1.77 bits per heavy atom. The molecule has 1 unspecified atom stereocenters. The highest BCUT2D eigenvalue weighted by molar-refractivity contribution is 6.30. The van der Waals surface area contributed by atoms with Gasteiger partial charge >= 0.3 is 0 Å². The number of amides is 2. The van der Waals surface area contributed by atoms with Gasteiger partial charge in [0.1, 0.15) is 5.82 Å². The molecular formula is C28H37ClFN3O2. The highest BCUT2D eigenvalue weighted by Gasteiger charge is 2.26. The van der Waals surface area contributed by atoms with Crippen molar-refractivity contribution < 1.29 is 14.0 Å². The lowest BCUT2D eigenvalue weighted by atomic mass is 9.97. The molecule has 0 spiro atoms. The number of hydrogen-bond donors (Lipinski definition) is 0. The van der Waals surface area contributed by atoms with E-state index >= 15 is 0 Å². The van der Waals surface area contributed by atoms with E-state index < -0.39 is 0 Å². The summed E-state index contributed by atoms with van der Waals surface area (Å²) < 4.78 is 13.4. The molecule has 0 bridgehead atoms. The normalized spacial score (nSPS) is 15.1. The van der Waals surface area contributed by atoms with E-state index in [1.165, 1.54) is 12.1 Å². The third kappa shape index (κ3) is 8.04. The lowest BCUT2D eigenvalue weighted by Crippen LogP contribution is -2.51. The van der Waals surface area contributed by atoms with E-state index in [4.69, 9.17) is 11.6 Å². The average molecular weight is 502 g/mol. The molecule has 0 radical (unpaired) electrons. The standard InChI is InChI=1S/C28H37ClFN3O2/c1-3-5-7-23(4-2)27(34)32-17-14-31(15-18-32)16-19-33(21-22-10-12-26(30)13-11-22)28(35)24-8-6-9-25(29)20-24/h6,8-13,20,23H,3-5,7,14-19,21H2,1-2H3. The summed E-state index contributed by atoms with van der Waals surface area (Å²) in [6.45, 7) is 8.93. The third-order valence-corrected chi connectivity index (χ3v) is 7.00. The molecule has 1 fully saturated rings. The smallest absolute Gasteiger partial charge is 0.254 e. The lowest BCUT2D eigenvalue weighted by molar-refractivity contribution is -0.137. The Kier molecular flexibility index (Phi) is 10.5. The molecule has 1 heterocycles. The van der Waals surface area contributed by atoms with Crippen LogP contribution in [-0.2, 0) is 11.3 Å². The number of benzene rings is 2. The predicted octanol–water partition coefficient (Wildman–Crippen LogP) is 5.48. The molecule has 190 valence electrons. The summed E-state index contributed by atoms with van der Waals surface area (Å²) in [6.07, 6.45) is 4.06. The van der Waals surface area contributed by atoms with Crippen LogP contribution in [0.15, 0.2) is 48.5 Å². The molecule has 2 aromatic rings. The maximum Gasteiger partial charge on any atom is 0.254 e. The van der Waals surface area contributed by atoms with Crippen LogP contribution in [0.4, 0.5) is 4.39 Å². The van der Waals surface area contributed by atoms with Crippen LogP contribution in [0.1, 0.15) is 55.5 Å². The molecule has 3 rings (SSSR count). The number of halogens is 2. The van der Waals surface area contributed by atoms with Crippen LogP contribution in [0.3, 0.4) is 0 Å². The number of rotatable bonds is 11. The zero-order valence-corrected chi connectivity index (χ0v) is 21.6. The second kappa shape index (κ2) is 13.6. The number of hydrogen-bond acceptors (Lipinski definition) is 3. The summed E-state index contributed by atoms with van der Waals surface area (Å²) in [6, 6.07) is 13.2. The van der Waals surface area contributed by atoms with Crippen molar-refractivity contribution in [1.82, 2.24) is 14.7 Å². The number of carbonyl (C=O) groups excluding carboxylic acids is 2. The Morgan fingerprint density at radius 3 is 2.40 bits per heavy atom. The summed E-state index contributed by atoms with van der Waals surface area (Å²) in [7, 11) is 0. The van der Waals surface area contributed by atoms with E-state index in [0.29, 0.717) is 30.2 Å². The number of piperazine rings is 1. The van der Waals surface area contributed by atoms with Gasteiger partial charge in [0.15, 0.2) is 0 Å². The number of carbonyl (C=O) groups is 2. The second-order valence-corrected chi connectivity index (χ2v) is 9.71. The molecule has 0 aromatic heterocycles. The van der Waals surface area contributed by atoms with Gasteiger partial charge in [-0.1, -0.05) is 56.5 Å². The van der Waals surface area contributed by atoms with Gasteiger partial charge in [0, 0.05) is 62.3 Å². The van der Waals surface area contributed by atoms with E-state index in [-0.39, 0.29) is 23.5 Å². The number of unbranched alkanes of at least 4 members (excludes halogenated alkanes) is 1. The summed E-state index contributed by atoms with van der Waals surface area (Å²) in [4.78, 5) is 32.3. The largest absolute Gasteiger partial charge is 0.340 e. The Morgan fingerprint density at radius 1 is 1.06 bits per heavy atom. The first kappa shape index (κ1) is 27.2. The topological polar surface area (TPSA) is 43.9 Å². The van der Waals surface area contributed by atoms with Crippen LogP contribution in [0.5, 0.6) is 0 Å². The quantitative estimate of drug-likeness (QED) is 0.409. The molecule has 0 saturated carbocycles. The fraction of sp³-hybridized carbons (Fsp3) is 0.500. The van der Waals surface area contributed by atoms with Gasteiger partial charge in [-0.3, -0.25) is 14.5 Å². The molecule has 35 heavy (non-hydrogen) atoms. The van der Waals surface area contributed by atoms with Crippen LogP contribution < -0.4 is 0 Å². The van der Waals surface area contributed by atoms with Gasteiger partial charge in [0.25, 0.3) is 5.91 Å². The molecule has 2 amide bonds. The summed E-state index contributed by atoms with van der Waals surface area (Å²) in [5.74, 6) is 0.0129. The monoisotopic (exact) mass is 501 g/mol. The van der Waals surface area contributed by atoms with Crippen molar-refractivity contribution in [1.29, 1.82) is 0 Å². The summed E-state index contributed by atoms with van der Waals surface area (Å²) in [5, 5.41) is 0.516. The van der Waals surface area contributed by atoms with Crippen molar-refractivity contribution in [2.24, 2.45) is 5.92 Å². The molecule has 1 aliphatic heterocycles. The van der Waals surface area contributed by atoms with E-state index in [1.807, 2.05) is 4.90 Å². The highest BCUT2D eigenvalue weighted by Crippen LogP contribution is 2.18. The molecule has 2 aromatic carbocycles. The van der Waals surface area contributed by atoms with E-state index in [9.17, 15) is 14.0 Å². The fourth-order valence-corrected chi connectivity index (χ4v) is 4.72. The van der Waals surface area contributed by atoms with E-state index in [2.05, 4.69) is 18.7 Å². The van der Waals surface area contributed by atoms with Crippen molar-refractivity contribution in [3.63, 3.8) is 0 Å². The van der Waals surface area contributed by atoms with Crippen LogP contribution in [0, 0.1) is 11.7 Å². The third-order valence-electron chi connectivity index (χ3n) is 6.76. The molecule has 1 saturated heterocycles. The van der Waals surface area contributed by atoms with Crippen molar-refractivity contribution in [3.05, 3.63) is 70.5 Å². The first-order valence-electron chi connectivity index (χ1n) is 12.7. The van der Waals surface area contributed by atoms with Gasteiger partial charge in [0.05, 0.1) is 0 Å². The Hall–Kier alpha value is -2.44. The average Bonchev–Trinajstić information content (AvgIpc) is 2.88. The molecule has 0 aliphatic carbocycles. The Labute approximate surface area is 213 Å². The maximum absolute atomic E-state index is 13.4. The first-order chi connectivity index (χ1) is 16.9. The minimum atomic E-state index is -0.297. The molecular weight excluding hydrogens is 465 g/mol. The Balaban J connectivity index is 1.59.